The van der Waals surface area contributed by atoms with E-state index in [0.29, 0.717) is 43.7 Å². The number of carbonyl (C=O) groups is 2. The Labute approximate surface area is 313 Å². The quantitative estimate of drug-likeness (QED) is 0.293. The lowest BCUT2D eigenvalue weighted by atomic mass is 9.74. The summed E-state index contributed by atoms with van der Waals surface area (Å²) in [6, 6.07) is 1.26. The van der Waals surface area contributed by atoms with Crippen LogP contribution < -0.4 is 10.6 Å². The number of nitrogens with zero attached hydrogens (tertiary/aromatic N) is 5. The van der Waals surface area contributed by atoms with Gasteiger partial charge in [0.25, 0.3) is 0 Å². The number of nitrogens with one attached hydrogen (secondary N) is 2. The molecule has 6 rings (SSSR count). The van der Waals surface area contributed by atoms with E-state index in [-0.39, 0.29) is 30.2 Å². The van der Waals surface area contributed by atoms with E-state index >= 15 is 0 Å². The van der Waals surface area contributed by atoms with Crippen LogP contribution in [0.15, 0.2) is 0 Å². The van der Waals surface area contributed by atoms with Gasteiger partial charge in [0, 0.05) is 97.2 Å². The van der Waals surface area contributed by atoms with E-state index in [1.165, 1.54) is 0 Å². The Morgan fingerprint density at radius 3 is 1.98 bits per heavy atom. The fourth-order valence-corrected chi connectivity index (χ4v) is 10.5. The van der Waals surface area contributed by atoms with Gasteiger partial charge < -0.3 is 44.3 Å². The summed E-state index contributed by atoms with van der Waals surface area (Å²) >= 11 is 0. The van der Waals surface area contributed by atoms with Crippen LogP contribution in [0.2, 0.25) is 0 Å². The summed E-state index contributed by atoms with van der Waals surface area (Å²) in [5, 5.41) is 6.69. The van der Waals surface area contributed by atoms with Crippen LogP contribution in [0.5, 0.6) is 0 Å². The topological polar surface area (TPSA) is 111 Å². The van der Waals surface area contributed by atoms with Crippen LogP contribution in [0.4, 0.5) is 9.59 Å². The molecule has 4 heterocycles. The third-order valence-electron chi connectivity index (χ3n) is 13.2. The maximum absolute atomic E-state index is 13.3. The zero-order valence-electron chi connectivity index (χ0n) is 33.3. The number of amides is 4. The first kappa shape index (κ1) is 39.9. The first-order chi connectivity index (χ1) is 25.0. The molecule has 3 unspecified atom stereocenters. The number of urea groups is 2. The van der Waals surface area contributed by atoms with Crippen LogP contribution in [-0.4, -0.2) is 172 Å². The lowest BCUT2D eigenvalue weighted by Crippen LogP contribution is -2.60. The van der Waals surface area contributed by atoms with Gasteiger partial charge in [-0.2, -0.15) is 0 Å². The van der Waals surface area contributed by atoms with Gasteiger partial charge in [-0.3, -0.25) is 9.80 Å². The molecule has 13 nitrogen and oxygen atoms in total. The third-order valence-corrected chi connectivity index (χ3v) is 13.2. The molecular weight excluding hydrogens is 662 g/mol. The highest BCUT2D eigenvalue weighted by Crippen LogP contribution is 2.47. The molecule has 2 saturated carbocycles. The molecule has 4 saturated heterocycles. The van der Waals surface area contributed by atoms with Crippen molar-refractivity contribution in [2.75, 3.05) is 93.3 Å². The molecule has 0 bridgehead atoms. The normalized spacial score (nSPS) is 34.7. The summed E-state index contributed by atoms with van der Waals surface area (Å²) in [6.07, 6.45) is 11.0. The van der Waals surface area contributed by atoms with Crippen molar-refractivity contribution >= 4 is 12.1 Å². The molecule has 4 aliphatic heterocycles. The molecule has 2 aliphatic carbocycles. The Morgan fingerprint density at radius 1 is 0.769 bits per heavy atom. The van der Waals surface area contributed by atoms with Gasteiger partial charge in [0.05, 0.1) is 25.9 Å². The minimum atomic E-state index is -0.507. The molecule has 2 N–H and O–H groups in total. The molecule has 6 aliphatic rings. The number of carbonyl (C=O) groups excluding carboxylic acids is 2. The van der Waals surface area contributed by atoms with Crippen molar-refractivity contribution in [2.45, 2.75) is 133 Å². The van der Waals surface area contributed by atoms with Crippen LogP contribution in [0.25, 0.3) is 0 Å². The first-order valence-electron chi connectivity index (χ1n) is 20.8. The maximum atomic E-state index is 13.3. The highest BCUT2D eigenvalue weighted by atomic mass is 16.7. The second-order valence-electron chi connectivity index (χ2n) is 16.9. The van der Waals surface area contributed by atoms with Gasteiger partial charge in [-0.05, 0) is 83.0 Å². The number of rotatable bonds is 13. The molecule has 13 heteroatoms. The van der Waals surface area contributed by atoms with Crippen molar-refractivity contribution in [2.24, 2.45) is 11.8 Å². The smallest absolute Gasteiger partial charge is 0.317 e. The number of fused-ring (bicyclic) bond motifs is 2. The SMILES string of the molecule is CCCN1C[C@@H](NC(=O)N(C)CCN(CC)CC)C[C@@H]2CC3(CCC21)OCC(CCCN1C[C@@H](NC(=O)N(C)C)C[C@@H]2CC4(CC[C@H]21)OCCO4)O3. The average Bonchev–Trinajstić information content (AvgIpc) is 3.74. The predicted octanol–water partition coefficient (Wildman–Crippen LogP) is 3.77. The molecule has 4 amide bonds. The van der Waals surface area contributed by atoms with Gasteiger partial charge in [0.2, 0.25) is 0 Å². The molecule has 298 valence electrons. The van der Waals surface area contributed by atoms with E-state index in [1.54, 1.807) is 19.0 Å². The maximum Gasteiger partial charge on any atom is 0.317 e. The van der Waals surface area contributed by atoms with Crippen molar-refractivity contribution in [3.63, 3.8) is 0 Å². The molecule has 8 atom stereocenters. The van der Waals surface area contributed by atoms with E-state index in [9.17, 15) is 9.59 Å². The van der Waals surface area contributed by atoms with E-state index in [2.05, 4.69) is 46.1 Å². The predicted molar refractivity (Wildman–Crippen MR) is 201 cm³/mol. The Morgan fingerprint density at radius 2 is 1.37 bits per heavy atom. The highest BCUT2D eigenvalue weighted by Gasteiger charge is 2.52. The van der Waals surface area contributed by atoms with Crippen molar-refractivity contribution < 1.29 is 28.5 Å². The van der Waals surface area contributed by atoms with Gasteiger partial charge in [-0.15, -0.1) is 0 Å². The van der Waals surface area contributed by atoms with Gasteiger partial charge in [0.1, 0.15) is 0 Å². The summed E-state index contributed by atoms with van der Waals surface area (Å²) in [7, 11) is 5.52. The van der Waals surface area contributed by atoms with Crippen LogP contribution in [-0.2, 0) is 18.9 Å². The van der Waals surface area contributed by atoms with Crippen LogP contribution in [0.3, 0.4) is 0 Å². The van der Waals surface area contributed by atoms with Crippen LogP contribution in [0.1, 0.15) is 91.4 Å². The second kappa shape index (κ2) is 17.8. The van der Waals surface area contributed by atoms with Crippen molar-refractivity contribution in [1.29, 1.82) is 0 Å². The Kier molecular flexibility index (Phi) is 13.7. The molecule has 0 aromatic carbocycles. The van der Waals surface area contributed by atoms with E-state index in [1.807, 2.05) is 11.9 Å². The number of likely N-dealkylation sites (N-methyl/N-ethyl adjacent to an activating group) is 2. The number of hydrogen-bond donors (Lipinski definition) is 2. The average molecular weight is 734 g/mol. The summed E-state index contributed by atoms with van der Waals surface area (Å²) in [5.74, 6) is -0.0721. The Bertz CT molecular complexity index is 1170. The third kappa shape index (κ3) is 9.55. The van der Waals surface area contributed by atoms with Crippen molar-refractivity contribution in [3.8, 4) is 0 Å². The Balaban J connectivity index is 1.01. The zero-order chi connectivity index (χ0) is 36.9. The summed E-state index contributed by atoms with van der Waals surface area (Å²) in [4.78, 5) is 37.0. The molecular formula is C39H71N7O6. The lowest BCUT2D eigenvalue weighted by Gasteiger charge is -2.51. The monoisotopic (exact) mass is 734 g/mol. The van der Waals surface area contributed by atoms with Gasteiger partial charge in [-0.1, -0.05) is 20.8 Å². The molecule has 2 spiro atoms. The fourth-order valence-electron chi connectivity index (χ4n) is 10.5. The molecule has 52 heavy (non-hydrogen) atoms. The van der Waals surface area contributed by atoms with E-state index < -0.39 is 11.6 Å². The highest BCUT2D eigenvalue weighted by molar-refractivity contribution is 5.74. The fraction of sp³-hybridized carbons (Fsp3) is 0.949. The van der Waals surface area contributed by atoms with Crippen molar-refractivity contribution in [3.05, 3.63) is 0 Å². The number of hydrogen-bond acceptors (Lipinski definition) is 9. The van der Waals surface area contributed by atoms with Gasteiger partial charge >= 0.3 is 12.1 Å². The first-order valence-corrected chi connectivity index (χ1v) is 20.8. The minimum Gasteiger partial charge on any atom is -0.348 e. The van der Waals surface area contributed by atoms with Crippen LogP contribution in [0, 0.1) is 11.8 Å². The minimum absolute atomic E-state index is 0.0264. The number of likely N-dealkylation sites (tertiary alicyclic amines) is 2. The molecule has 0 aromatic rings. The zero-order valence-corrected chi connectivity index (χ0v) is 33.3. The van der Waals surface area contributed by atoms with E-state index in [4.69, 9.17) is 18.9 Å². The summed E-state index contributed by atoms with van der Waals surface area (Å²) < 4.78 is 25.7. The number of piperidine rings is 2. The second-order valence-corrected chi connectivity index (χ2v) is 16.9. The van der Waals surface area contributed by atoms with Crippen molar-refractivity contribution in [1.82, 2.24) is 35.1 Å². The van der Waals surface area contributed by atoms with Crippen LogP contribution >= 0.6 is 0 Å². The molecule has 0 radical (unpaired) electrons. The van der Waals surface area contributed by atoms with Gasteiger partial charge in [0.15, 0.2) is 11.6 Å². The van der Waals surface area contributed by atoms with E-state index in [0.717, 1.165) is 123 Å². The number of ether oxygens (including phenoxy) is 4. The summed E-state index contributed by atoms with van der Waals surface area (Å²) in [6.45, 7) is 16.1. The largest absolute Gasteiger partial charge is 0.348 e. The molecule has 0 aromatic heterocycles. The van der Waals surface area contributed by atoms with Gasteiger partial charge in [-0.25, -0.2) is 9.59 Å². The summed E-state index contributed by atoms with van der Waals surface area (Å²) in [5.41, 5.74) is 0. The standard InChI is InChI=1S/C39H71N7O6/c1-7-16-45-26-32(41-37(48)43(6)18-19-44(8-2)9-3)23-30-25-39(15-13-34(30)45)51-28-33(52-39)11-10-17-46-27-31(40-36(47)42(4)5)22-29-24-38(14-12-35(29)46)49-20-21-50-38/h29-35H,7-28H2,1-6H3,(H,40,47)(H,41,48)/t29-,30-,31+,32+,33?,34?,35-,39?/m1/s1. The Hall–Kier alpha value is -1.74. The molecule has 6 fully saturated rings. The lowest BCUT2D eigenvalue weighted by molar-refractivity contribution is -0.211.